The Morgan fingerprint density at radius 3 is 2.39 bits per heavy atom. The number of hydrogen-bond donors (Lipinski definition) is 1. The summed E-state index contributed by atoms with van der Waals surface area (Å²) >= 11 is 0. The molecule has 1 amide bonds. The first kappa shape index (κ1) is 26.0. The van der Waals surface area contributed by atoms with E-state index in [0.29, 0.717) is 30.5 Å². The van der Waals surface area contributed by atoms with Crippen molar-refractivity contribution < 1.29 is 4.79 Å². The van der Waals surface area contributed by atoms with Crippen molar-refractivity contribution in [3.05, 3.63) is 71.3 Å². The molecule has 0 aliphatic carbocycles. The Bertz CT molecular complexity index is 892. The average Bonchev–Trinajstić information content (AvgIpc) is 2.80. The zero-order valence-electron chi connectivity index (χ0n) is 19.3. The first-order chi connectivity index (χ1) is 15.2. The third kappa shape index (κ3) is 5.74. The minimum atomic E-state index is 0. The van der Waals surface area contributed by atoms with Crippen LogP contribution in [0.4, 0.5) is 0 Å². The number of nitrogens with zero attached hydrogens (tertiary/aromatic N) is 2. The Balaban J connectivity index is 0.00000153. The number of fused-ring (bicyclic) bond motifs is 4. The van der Waals surface area contributed by atoms with Gasteiger partial charge < -0.3 is 10.6 Å². The molecule has 33 heavy (non-hydrogen) atoms. The van der Waals surface area contributed by atoms with Crippen molar-refractivity contribution in [1.82, 2.24) is 9.80 Å². The van der Waals surface area contributed by atoms with Gasteiger partial charge in [0.05, 0.1) is 0 Å². The summed E-state index contributed by atoms with van der Waals surface area (Å²) in [6, 6.07) is 20.4. The number of hydrogen-bond acceptors (Lipinski definition) is 3. The largest absolute Gasteiger partial charge is 0.338 e. The molecule has 180 valence electrons. The smallest absolute Gasteiger partial charge is 0.253 e. The van der Waals surface area contributed by atoms with E-state index in [2.05, 4.69) is 52.3 Å². The number of carbonyl (C=O) groups is 1. The van der Waals surface area contributed by atoms with Crippen molar-refractivity contribution in [1.29, 1.82) is 0 Å². The van der Waals surface area contributed by atoms with E-state index in [1.165, 1.54) is 36.8 Å². The molecule has 2 bridgehead atoms. The second-order valence-corrected chi connectivity index (χ2v) is 9.85. The van der Waals surface area contributed by atoms with Crippen LogP contribution in [0.1, 0.15) is 47.2 Å². The fraction of sp³-hybridized carbons (Fsp3) is 0.519. The molecule has 2 aromatic carbocycles. The SMILES string of the molecule is Cl.Cl.NCCc1ccc(C(=O)N2C[C@@H]3C[C@H](C2)[C@@H]2CCC[C@H](Cc4ccccc4)N2C3)cc1. The number of nitrogens with two attached hydrogens (primary N) is 1. The van der Waals surface area contributed by atoms with Crippen LogP contribution in [0.2, 0.25) is 0 Å². The predicted octanol–water partition coefficient (Wildman–Crippen LogP) is 4.59. The highest BCUT2D eigenvalue weighted by atomic mass is 35.5. The Morgan fingerprint density at radius 2 is 1.67 bits per heavy atom. The molecular formula is C27H37Cl2N3O. The summed E-state index contributed by atoms with van der Waals surface area (Å²) in [4.78, 5) is 18.2. The first-order valence-electron chi connectivity index (χ1n) is 12.1. The van der Waals surface area contributed by atoms with Crippen LogP contribution < -0.4 is 5.73 Å². The number of likely N-dealkylation sites (tertiary alicyclic amines) is 1. The van der Waals surface area contributed by atoms with Gasteiger partial charge in [0, 0.05) is 37.3 Å². The average molecular weight is 491 g/mol. The maximum Gasteiger partial charge on any atom is 0.253 e. The Hall–Kier alpha value is -1.59. The van der Waals surface area contributed by atoms with Gasteiger partial charge in [-0.2, -0.15) is 0 Å². The van der Waals surface area contributed by atoms with Crippen LogP contribution in [-0.4, -0.2) is 54.0 Å². The second-order valence-electron chi connectivity index (χ2n) is 9.85. The number of benzene rings is 2. The van der Waals surface area contributed by atoms with Crippen molar-refractivity contribution in [3.63, 3.8) is 0 Å². The molecule has 3 aliphatic heterocycles. The van der Waals surface area contributed by atoms with Gasteiger partial charge in [0.25, 0.3) is 5.91 Å². The quantitative estimate of drug-likeness (QED) is 0.667. The van der Waals surface area contributed by atoms with E-state index < -0.39 is 0 Å². The number of rotatable bonds is 5. The van der Waals surface area contributed by atoms with Crippen LogP contribution in [0.25, 0.3) is 0 Å². The number of amides is 1. The highest BCUT2D eigenvalue weighted by molar-refractivity contribution is 5.94. The van der Waals surface area contributed by atoms with Crippen LogP contribution in [0.3, 0.4) is 0 Å². The summed E-state index contributed by atoms with van der Waals surface area (Å²) < 4.78 is 0. The zero-order valence-corrected chi connectivity index (χ0v) is 20.9. The summed E-state index contributed by atoms with van der Waals surface area (Å²) in [5, 5.41) is 0. The molecule has 3 aliphatic rings. The van der Waals surface area contributed by atoms with Crippen LogP contribution >= 0.6 is 24.8 Å². The first-order valence-corrected chi connectivity index (χ1v) is 12.1. The van der Waals surface area contributed by atoms with E-state index in [9.17, 15) is 4.79 Å². The summed E-state index contributed by atoms with van der Waals surface area (Å²) in [5.74, 6) is 1.43. The fourth-order valence-electron chi connectivity index (χ4n) is 6.35. The summed E-state index contributed by atoms with van der Waals surface area (Å²) in [7, 11) is 0. The molecule has 0 unspecified atom stereocenters. The number of piperidine rings is 3. The summed E-state index contributed by atoms with van der Waals surface area (Å²) in [5.41, 5.74) is 9.14. The van der Waals surface area contributed by atoms with Crippen LogP contribution in [0, 0.1) is 11.8 Å². The van der Waals surface area contributed by atoms with Crippen LogP contribution in [-0.2, 0) is 12.8 Å². The van der Waals surface area contributed by atoms with Gasteiger partial charge in [-0.1, -0.05) is 48.9 Å². The molecule has 3 saturated heterocycles. The maximum absolute atomic E-state index is 13.3. The molecule has 3 fully saturated rings. The number of halogens is 2. The van der Waals surface area contributed by atoms with Gasteiger partial charge in [-0.25, -0.2) is 0 Å². The van der Waals surface area contributed by atoms with E-state index in [1.54, 1.807) is 0 Å². The Morgan fingerprint density at radius 1 is 0.909 bits per heavy atom. The van der Waals surface area contributed by atoms with E-state index >= 15 is 0 Å². The monoisotopic (exact) mass is 489 g/mol. The van der Waals surface area contributed by atoms with Crippen LogP contribution in [0.15, 0.2) is 54.6 Å². The second kappa shape index (κ2) is 11.7. The Labute approximate surface area is 210 Å². The van der Waals surface area contributed by atoms with Gasteiger partial charge in [0.1, 0.15) is 0 Å². The van der Waals surface area contributed by atoms with Gasteiger partial charge in [0.15, 0.2) is 0 Å². The molecule has 4 nitrogen and oxygen atoms in total. The molecule has 2 aromatic rings. The maximum atomic E-state index is 13.3. The van der Waals surface area contributed by atoms with Gasteiger partial charge >= 0.3 is 0 Å². The van der Waals surface area contributed by atoms with Crippen molar-refractivity contribution in [2.45, 2.75) is 50.6 Å². The standard InChI is InChI=1S/C27H35N3O.2ClH/c28-14-13-20-9-11-23(12-10-20)27(31)29-17-22-15-24(19-29)26-8-4-7-25(30(26)18-22)16-21-5-2-1-3-6-21;;/h1-3,5-6,9-12,22,24-26H,4,7-8,13-19,28H2;2*1H/t22-,24+,25+,26-;;/m0../s1. The van der Waals surface area contributed by atoms with Crippen molar-refractivity contribution in [2.24, 2.45) is 17.6 Å². The van der Waals surface area contributed by atoms with Gasteiger partial charge in [-0.05, 0) is 73.7 Å². The zero-order chi connectivity index (χ0) is 21.2. The third-order valence-corrected chi connectivity index (χ3v) is 7.75. The molecule has 3 heterocycles. The van der Waals surface area contributed by atoms with Gasteiger partial charge in [-0.3, -0.25) is 9.69 Å². The number of carbonyl (C=O) groups excluding carboxylic acids is 1. The minimum absolute atomic E-state index is 0. The van der Waals surface area contributed by atoms with Crippen molar-refractivity contribution in [3.8, 4) is 0 Å². The lowest BCUT2D eigenvalue weighted by Gasteiger charge is -2.55. The molecule has 0 radical (unpaired) electrons. The topological polar surface area (TPSA) is 49.6 Å². The lowest BCUT2D eigenvalue weighted by molar-refractivity contribution is -0.0498. The molecule has 0 aromatic heterocycles. The van der Waals surface area contributed by atoms with Crippen molar-refractivity contribution in [2.75, 3.05) is 26.2 Å². The van der Waals surface area contributed by atoms with E-state index in [-0.39, 0.29) is 30.7 Å². The van der Waals surface area contributed by atoms with E-state index in [4.69, 9.17) is 5.73 Å². The molecule has 0 saturated carbocycles. The van der Waals surface area contributed by atoms with E-state index in [1.807, 2.05) is 12.1 Å². The molecule has 5 rings (SSSR count). The Kier molecular flexibility index (Phi) is 9.23. The summed E-state index contributed by atoms with van der Waals surface area (Å²) in [6.45, 7) is 3.62. The van der Waals surface area contributed by atoms with Crippen LogP contribution in [0.5, 0.6) is 0 Å². The molecular weight excluding hydrogens is 453 g/mol. The van der Waals surface area contributed by atoms with E-state index in [0.717, 1.165) is 38.0 Å². The fourth-order valence-corrected chi connectivity index (χ4v) is 6.35. The molecule has 6 heteroatoms. The minimum Gasteiger partial charge on any atom is -0.338 e. The molecule has 0 spiro atoms. The van der Waals surface area contributed by atoms with Crippen molar-refractivity contribution >= 4 is 30.7 Å². The highest BCUT2D eigenvalue weighted by Crippen LogP contribution is 2.40. The highest BCUT2D eigenvalue weighted by Gasteiger charge is 2.45. The lowest BCUT2D eigenvalue weighted by Crippen LogP contribution is -2.62. The predicted molar refractivity (Wildman–Crippen MR) is 139 cm³/mol. The summed E-state index contributed by atoms with van der Waals surface area (Å²) in [6.07, 6.45) is 7.23. The third-order valence-electron chi connectivity index (χ3n) is 7.75. The van der Waals surface area contributed by atoms with Gasteiger partial charge in [0.2, 0.25) is 0 Å². The lowest BCUT2D eigenvalue weighted by atomic mass is 9.74. The molecule has 4 atom stereocenters. The van der Waals surface area contributed by atoms with Gasteiger partial charge in [-0.15, -0.1) is 24.8 Å². The normalized spacial score (nSPS) is 26.5. The molecule has 2 N–H and O–H groups in total.